The molecule has 0 aliphatic carbocycles. The Hall–Kier alpha value is -2.12. The summed E-state index contributed by atoms with van der Waals surface area (Å²) in [6.45, 7) is 2.57. The largest absolute Gasteiger partial charge is 0.494 e. The van der Waals surface area contributed by atoms with Crippen LogP contribution in [0.1, 0.15) is 18.8 Å². The number of hydrogen-bond donors (Lipinski definition) is 2. The van der Waals surface area contributed by atoms with Crippen molar-refractivity contribution in [2.24, 2.45) is 0 Å². The maximum atomic E-state index is 11.6. The van der Waals surface area contributed by atoms with Crippen LogP contribution < -0.4 is 5.32 Å². The number of nitrogens with one attached hydrogen (secondary N) is 2. The van der Waals surface area contributed by atoms with E-state index < -0.39 is 0 Å². The topological polar surface area (TPSA) is 102 Å². The average Bonchev–Trinajstić information content (AvgIpc) is 2.83. The Morgan fingerprint density at radius 1 is 1.62 bits per heavy atom. The summed E-state index contributed by atoms with van der Waals surface area (Å²) >= 11 is 0. The molecular formula is C8H11N5O3. The van der Waals surface area contributed by atoms with E-state index in [2.05, 4.69) is 25.9 Å². The molecule has 1 aromatic heterocycles. The van der Waals surface area contributed by atoms with Gasteiger partial charge in [0.2, 0.25) is 5.76 Å². The number of aromatic nitrogens is 4. The van der Waals surface area contributed by atoms with Gasteiger partial charge in [-0.2, -0.15) is 5.21 Å². The lowest BCUT2D eigenvalue weighted by atomic mass is 10.3. The molecule has 1 atom stereocenters. The van der Waals surface area contributed by atoms with Gasteiger partial charge in [-0.25, -0.2) is 0 Å². The first kappa shape index (κ1) is 10.4. The summed E-state index contributed by atoms with van der Waals surface area (Å²) in [6.07, 6.45) is 1.29. The zero-order chi connectivity index (χ0) is 11.4. The minimum Gasteiger partial charge on any atom is -0.494 e. The molecule has 1 aliphatic rings. The van der Waals surface area contributed by atoms with Crippen LogP contribution in [0.5, 0.6) is 0 Å². The highest BCUT2D eigenvalue weighted by Gasteiger charge is 2.19. The number of carbonyl (C=O) groups excluding carboxylic acids is 1. The Balaban J connectivity index is 1.94. The van der Waals surface area contributed by atoms with Crippen molar-refractivity contribution in [2.45, 2.75) is 13.0 Å². The van der Waals surface area contributed by atoms with Gasteiger partial charge in [0.25, 0.3) is 5.91 Å². The van der Waals surface area contributed by atoms with Gasteiger partial charge in [0.05, 0.1) is 6.04 Å². The van der Waals surface area contributed by atoms with E-state index in [1.54, 1.807) is 6.92 Å². The summed E-state index contributed by atoms with van der Waals surface area (Å²) in [5, 5.41) is 15.9. The smallest absolute Gasteiger partial charge is 0.290 e. The van der Waals surface area contributed by atoms with E-state index in [1.807, 2.05) is 0 Å². The number of ether oxygens (including phenoxy) is 2. The molecular weight excluding hydrogens is 214 g/mol. The second-order valence-electron chi connectivity index (χ2n) is 3.17. The van der Waals surface area contributed by atoms with Crippen molar-refractivity contribution in [1.29, 1.82) is 0 Å². The molecule has 1 aliphatic heterocycles. The van der Waals surface area contributed by atoms with Gasteiger partial charge < -0.3 is 14.8 Å². The Morgan fingerprint density at radius 3 is 3.12 bits per heavy atom. The molecule has 0 saturated heterocycles. The second-order valence-corrected chi connectivity index (χ2v) is 3.17. The fourth-order valence-electron chi connectivity index (χ4n) is 1.17. The first-order chi connectivity index (χ1) is 7.77. The zero-order valence-corrected chi connectivity index (χ0v) is 8.64. The Morgan fingerprint density at radius 2 is 2.50 bits per heavy atom. The predicted molar refractivity (Wildman–Crippen MR) is 50.7 cm³/mol. The van der Waals surface area contributed by atoms with Crippen LogP contribution in [0.4, 0.5) is 0 Å². The standard InChI is InChI=1S/C8H11N5O3/c1-5(7-10-12-13-11-7)9-8(14)6-4-15-2-3-16-6/h4-5H,2-3H2,1H3,(H,9,14)(H,10,11,12,13). The maximum absolute atomic E-state index is 11.6. The summed E-state index contributed by atoms with van der Waals surface area (Å²) in [5.41, 5.74) is 0. The van der Waals surface area contributed by atoms with Crippen molar-refractivity contribution in [3.8, 4) is 0 Å². The molecule has 86 valence electrons. The molecule has 16 heavy (non-hydrogen) atoms. The minimum absolute atomic E-state index is 0.154. The fourth-order valence-corrected chi connectivity index (χ4v) is 1.17. The van der Waals surface area contributed by atoms with Crippen LogP contribution in [0.2, 0.25) is 0 Å². The van der Waals surface area contributed by atoms with E-state index in [1.165, 1.54) is 6.26 Å². The molecule has 2 rings (SSSR count). The van der Waals surface area contributed by atoms with E-state index in [4.69, 9.17) is 9.47 Å². The molecule has 1 aromatic rings. The lowest BCUT2D eigenvalue weighted by Gasteiger charge is -2.16. The summed E-state index contributed by atoms with van der Waals surface area (Å²) < 4.78 is 10.1. The minimum atomic E-state index is -0.364. The third-order valence-electron chi connectivity index (χ3n) is 1.97. The van der Waals surface area contributed by atoms with Crippen LogP contribution in [-0.4, -0.2) is 39.7 Å². The number of carbonyl (C=O) groups is 1. The monoisotopic (exact) mass is 225 g/mol. The molecule has 1 unspecified atom stereocenters. The van der Waals surface area contributed by atoms with E-state index in [-0.39, 0.29) is 17.7 Å². The van der Waals surface area contributed by atoms with Gasteiger partial charge in [-0.15, -0.1) is 10.2 Å². The number of amides is 1. The van der Waals surface area contributed by atoms with E-state index in [0.717, 1.165) is 0 Å². The van der Waals surface area contributed by atoms with Gasteiger partial charge in [-0.05, 0) is 6.92 Å². The molecule has 0 bridgehead atoms. The Labute approximate surface area is 91.0 Å². The van der Waals surface area contributed by atoms with Crippen LogP contribution in [0, 0.1) is 0 Å². The van der Waals surface area contributed by atoms with Gasteiger partial charge in [0.1, 0.15) is 19.5 Å². The molecule has 0 spiro atoms. The predicted octanol–water partition coefficient (Wildman–Crippen LogP) is -0.735. The molecule has 2 heterocycles. The lowest BCUT2D eigenvalue weighted by Crippen LogP contribution is -2.31. The molecule has 8 heteroatoms. The van der Waals surface area contributed by atoms with Crippen LogP contribution in [0.3, 0.4) is 0 Å². The van der Waals surface area contributed by atoms with Gasteiger partial charge in [0.15, 0.2) is 5.82 Å². The van der Waals surface area contributed by atoms with Crippen molar-refractivity contribution in [3.63, 3.8) is 0 Å². The molecule has 8 nitrogen and oxygen atoms in total. The number of hydrogen-bond acceptors (Lipinski definition) is 6. The fraction of sp³-hybridized carbons (Fsp3) is 0.500. The summed E-state index contributed by atoms with van der Waals surface area (Å²) in [4.78, 5) is 11.6. The van der Waals surface area contributed by atoms with Crippen LogP contribution in [-0.2, 0) is 14.3 Å². The first-order valence-electron chi connectivity index (χ1n) is 4.76. The van der Waals surface area contributed by atoms with Crippen LogP contribution in [0.25, 0.3) is 0 Å². The highest BCUT2D eigenvalue weighted by molar-refractivity contribution is 5.91. The van der Waals surface area contributed by atoms with Crippen molar-refractivity contribution in [3.05, 3.63) is 17.8 Å². The third-order valence-corrected chi connectivity index (χ3v) is 1.97. The number of H-pyrrole nitrogens is 1. The quantitative estimate of drug-likeness (QED) is 0.702. The number of nitrogens with zero attached hydrogens (tertiary/aromatic N) is 3. The van der Waals surface area contributed by atoms with E-state index in [0.29, 0.717) is 19.0 Å². The van der Waals surface area contributed by atoms with Crippen molar-refractivity contribution in [2.75, 3.05) is 13.2 Å². The SMILES string of the molecule is CC(NC(=O)C1=COCCO1)c1nn[nH]n1. The normalized spacial score (nSPS) is 16.7. The highest BCUT2D eigenvalue weighted by atomic mass is 16.6. The van der Waals surface area contributed by atoms with Gasteiger partial charge >= 0.3 is 0 Å². The lowest BCUT2D eigenvalue weighted by molar-refractivity contribution is -0.123. The maximum Gasteiger partial charge on any atom is 0.290 e. The number of tetrazole rings is 1. The third kappa shape index (κ3) is 2.27. The molecule has 1 amide bonds. The van der Waals surface area contributed by atoms with Gasteiger partial charge in [0, 0.05) is 0 Å². The Bertz CT molecular complexity index is 388. The molecule has 0 aromatic carbocycles. The summed E-state index contributed by atoms with van der Waals surface area (Å²) in [5.74, 6) is 0.198. The van der Waals surface area contributed by atoms with Gasteiger partial charge in [-0.1, -0.05) is 5.21 Å². The second kappa shape index (κ2) is 4.60. The van der Waals surface area contributed by atoms with E-state index in [9.17, 15) is 4.79 Å². The first-order valence-corrected chi connectivity index (χ1v) is 4.76. The Kier molecular flexibility index (Phi) is 2.99. The van der Waals surface area contributed by atoms with Crippen molar-refractivity contribution >= 4 is 5.91 Å². The molecule has 0 fully saturated rings. The highest BCUT2D eigenvalue weighted by Crippen LogP contribution is 2.08. The summed E-state index contributed by atoms with van der Waals surface area (Å²) in [7, 11) is 0. The van der Waals surface area contributed by atoms with E-state index >= 15 is 0 Å². The molecule has 0 saturated carbocycles. The van der Waals surface area contributed by atoms with Crippen LogP contribution in [0.15, 0.2) is 12.0 Å². The molecule has 0 radical (unpaired) electrons. The summed E-state index contributed by atoms with van der Waals surface area (Å²) in [6, 6.07) is -0.349. The molecule has 2 N–H and O–H groups in total. The zero-order valence-electron chi connectivity index (χ0n) is 8.64. The number of aromatic amines is 1. The number of rotatable bonds is 3. The van der Waals surface area contributed by atoms with Crippen LogP contribution >= 0.6 is 0 Å². The van der Waals surface area contributed by atoms with Gasteiger partial charge in [-0.3, -0.25) is 4.79 Å². The van der Waals surface area contributed by atoms with Crippen molar-refractivity contribution < 1.29 is 14.3 Å². The average molecular weight is 225 g/mol. The van der Waals surface area contributed by atoms with Crippen molar-refractivity contribution in [1.82, 2.24) is 25.9 Å².